The number of unbranched alkanes of at least 4 members (excludes halogenated alkanes) is 4. The lowest BCUT2D eigenvalue weighted by Gasteiger charge is -2.24. The maximum absolute atomic E-state index is 12.2. The van der Waals surface area contributed by atoms with Gasteiger partial charge in [-0.25, -0.2) is 4.79 Å². The number of ether oxygens (including phenoxy) is 1. The number of likely N-dealkylation sites (tertiary alicyclic amines) is 1. The first kappa shape index (κ1) is 18.7. The number of rotatable bonds is 10. The average Bonchev–Trinajstić information content (AvgIpc) is 2.95. The number of nitrogens with one attached hydrogen (secondary N) is 1. The van der Waals surface area contributed by atoms with Crippen molar-refractivity contribution >= 4 is 12.0 Å². The Labute approximate surface area is 133 Å². The number of carbonyl (C=O) groups is 2. The Hall–Kier alpha value is -1.30. The lowest BCUT2D eigenvalue weighted by Crippen LogP contribution is -2.40. The zero-order valence-corrected chi connectivity index (χ0v) is 13.8. The number of nitrogens with two attached hydrogens (primary N) is 1. The van der Waals surface area contributed by atoms with Gasteiger partial charge in [0.1, 0.15) is 0 Å². The predicted octanol–water partition coefficient (Wildman–Crippen LogP) is 2.37. The van der Waals surface area contributed by atoms with Crippen molar-refractivity contribution in [3.63, 3.8) is 0 Å². The second-order valence-corrected chi connectivity index (χ2v) is 5.82. The third-order valence-corrected chi connectivity index (χ3v) is 3.91. The summed E-state index contributed by atoms with van der Waals surface area (Å²) >= 11 is 0. The van der Waals surface area contributed by atoms with E-state index in [1.54, 1.807) is 4.90 Å². The van der Waals surface area contributed by atoms with E-state index in [-0.39, 0.29) is 5.91 Å². The minimum atomic E-state index is -0.457. The molecule has 1 aliphatic rings. The van der Waals surface area contributed by atoms with Crippen LogP contribution in [0.15, 0.2) is 0 Å². The number of nitrogens with zero attached hydrogens (tertiary/aromatic N) is 1. The summed E-state index contributed by atoms with van der Waals surface area (Å²) < 4.78 is 5.35. The largest absolute Gasteiger partial charge is 0.425 e. The zero-order chi connectivity index (χ0) is 16.2. The van der Waals surface area contributed by atoms with Gasteiger partial charge in [-0.3, -0.25) is 4.79 Å². The molecule has 0 aromatic heterocycles. The van der Waals surface area contributed by atoms with Crippen LogP contribution >= 0.6 is 0 Å². The van der Waals surface area contributed by atoms with Crippen LogP contribution in [0.25, 0.3) is 0 Å². The van der Waals surface area contributed by atoms with Crippen LogP contribution in [0.1, 0.15) is 64.7 Å². The molecule has 0 aromatic rings. The van der Waals surface area contributed by atoms with Crippen molar-refractivity contribution in [2.24, 2.45) is 5.73 Å². The van der Waals surface area contributed by atoms with Crippen molar-refractivity contribution in [2.75, 3.05) is 19.6 Å². The van der Waals surface area contributed by atoms with Crippen LogP contribution < -0.4 is 11.1 Å². The molecule has 6 heteroatoms. The van der Waals surface area contributed by atoms with Gasteiger partial charge >= 0.3 is 6.09 Å². The fourth-order valence-electron chi connectivity index (χ4n) is 2.63. The van der Waals surface area contributed by atoms with E-state index in [0.29, 0.717) is 26.1 Å². The third-order valence-electron chi connectivity index (χ3n) is 3.91. The van der Waals surface area contributed by atoms with Crippen LogP contribution in [-0.4, -0.2) is 42.8 Å². The molecular formula is C16H31N3O3. The van der Waals surface area contributed by atoms with Gasteiger partial charge < -0.3 is 20.7 Å². The highest BCUT2D eigenvalue weighted by molar-refractivity contribution is 5.77. The second-order valence-electron chi connectivity index (χ2n) is 5.82. The molecule has 0 saturated carbocycles. The van der Waals surface area contributed by atoms with E-state index in [0.717, 1.165) is 32.1 Å². The Morgan fingerprint density at radius 3 is 2.73 bits per heavy atom. The van der Waals surface area contributed by atoms with Crippen molar-refractivity contribution in [1.29, 1.82) is 0 Å². The fourth-order valence-corrected chi connectivity index (χ4v) is 2.63. The predicted molar refractivity (Wildman–Crippen MR) is 86.3 cm³/mol. The summed E-state index contributed by atoms with van der Waals surface area (Å²) in [6.07, 6.45) is 7.67. The van der Waals surface area contributed by atoms with Crippen LogP contribution in [0.3, 0.4) is 0 Å². The quantitative estimate of drug-likeness (QED) is 0.606. The van der Waals surface area contributed by atoms with E-state index in [1.807, 2.05) is 0 Å². The normalized spacial score (nSPS) is 17.5. The van der Waals surface area contributed by atoms with Gasteiger partial charge in [0, 0.05) is 25.9 Å². The number of amides is 2. The zero-order valence-electron chi connectivity index (χ0n) is 13.8. The Morgan fingerprint density at radius 2 is 2.00 bits per heavy atom. The molecule has 1 heterocycles. The number of carbonyl (C=O) groups excluding carboxylic acids is 2. The molecule has 1 aliphatic heterocycles. The van der Waals surface area contributed by atoms with Gasteiger partial charge in [-0.05, 0) is 25.8 Å². The molecule has 0 aromatic carbocycles. The van der Waals surface area contributed by atoms with Crippen LogP contribution in [-0.2, 0) is 9.53 Å². The van der Waals surface area contributed by atoms with Crippen molar-refractivity contribution in [3.8, 4) is 0 Å². The van der Waals surface area contributed by atoms with Crippen LogP contribution in [0.4, 0.5) is 4.79 Å². The molecule has 0 spiro atoms. The van der Waals surface area contributed by atoms with E-state index in [1.165, 1.54) is 19.3 Å². The number of hydrogen-bond donors (Lipinski definition) is 2. The Morgan fingerprint density at radius 1 is 1.23 bits per heavy atom. The number of hydrogen-bond acceptors (Lipinski definition) is 4. The highest BCUT2D eigenvalue weighted by Crippen LogP contribution is 2.20. The fraction of sp³-hybridized carbons (Fsp3) is 0.875. The van der Waals surface area contributed by atoms with E-state index in [9.17, 15) is 9.59 Å². The molecule has 2 amide bonds. The minimum Gasteiger partial charge on any atom is -0.425 e. The molecule has 1 fully saturated rings. The Balaban J connectivity index is 2.26. The smallest absolute Gasteiger partial charge is 0.409 e. The highest BCUT2D eigenvalue weighted by Gasteiger charge is 2.31. The molecule has 0 radical (unpaired) electrons. The standard InChI is InChI=1S/C16H31N3O3/c1-2-3-4-5-6-9-14(20)19-13-7-10-15(19)22-16(21)18-12-8-11-17/h15H,2-13,17H2,1H3,(H,18,21)/t15-/m0/s1. The molecule has 1 atom stereocenters. The first-order valence-corrected chi connectivity index (χ1v) is 8.63. The summed E-state index contributed by atoms with van der Waals surface area (Å²) in [5.74, 6) is 0.105. The van der Waals surface area contributed by atoms with E-state index >= 15 is 0 Å². The summed E-state index contributed by atoms with van der Waals surface area (Å²) in [6.45, 7) is 3.91. The maximum Gasteiger partial charge on any atom is 0.409 e. The van der Waals surface area contributed by atoms with Gasteiger partial charge in [-0.2, -0.15) is 0 Å². The first-order chi connectivity index (χ1) is 10.7. The minimum absolute atomic E-state index is 0.105. The molecule has 1 rings (SSSR count). The maximum atomic E-state index is 12.2. The molecule has 0 bridgehead atoms. The van der Waals surface area contributed by atoms with Gasteiger partial charge in [-0.1, -0.05) is 32.6 Å². The first-order valence-electron chi connectivity index (χ1n) is 8.63. The summed E-state index contributed by atoms with van der Waals surface area (Å²) in [5.41, 5.74) is 5.37. The molecule has 6 nitrogen and oxygen atoms in total. The highest BCUT2D eigenvalue weighted by atomic mass is 16.6. The van der Waals surface area contributed by atoms with Gasteiger partial charge in [0.05, 0.1) is 0 Å². The molecule has 128 valence electrons. The van der Waals surface area contributed by atoms with Gasteiger partial charge in [0.25, 0.3) is 0 Å². The van der Waals surface area contributed by atoms with Crippen LogP contribution in [0, 0.1) is 0 Å². The van der Waals surface area contributed by atoms with Gasteiger partial charge in [0.15, 0.2) is 6.23 Å². The average molecular weight is 313 g/mol. The monoisotopic (exact) mass is 313 g/mol. The second kappa shape index (κ2) is 11.3. The topological polar surface area (TPSA) is 84.7 Å². The lowest BCUT2D eigenvalue weighted by atomic mass is 10.1. The summed E-state index contributed by atoms with van der Waals surface area (Å²) in [4.78, 5) is 25.6. The molecule has 0 aliphatic carbocycles. The van der Waals surface area contributed by atoms with Crippen molar-refractivity contribution in [3.05, 3.63) is 0 Å². The molecule has 1 saturated heterocycles. The van der Waals surface area contributed by atoms with E-state index in [2.05, 4.69) is 12.2 Å². The number of alkyl carbamates (subject to hydrolysis) is 1. The van der Waals surface area contributed by atoms with Gasteiger partial charge in [-0.15, -0.1) is 0 Å². The van der Waals surface area contributed by atoms with E-state index in [4.69, 9.17) is 10.5 Å². The molecule has 3 N–H and O–H groups in total. The van der Waals surface area contributed by atoms with Crippen LogP contribution in [0.5, 0.6) is 0 Å². The Bertz CT molecular complexity index is 337. The van der Waals surface area contributed by atoms with Gasteiger partial charge in [0.2, 0.25) is 5.91 Å². The van der Waals surface area contributed by atoms with Crippen molar-refractivity contribution in [1.82, 2.24) is 10.2 Å². The molecular weight excluding hydrogens is 282 g/mol. The van der Waals surface area contributed by atoms with Crippen molar-refractivity contribution < 1.29 is 14.3 Å². The van der Waals surface area contributed by atoms with E-state index < -0.39 is 12.3 Å². The summed E-state index contributed by atoms with van der Waals surface area (Å²) in [6, 6.07) is 0. The molecule has 22 heavy (non-hydrogen) atoms. The van der Waals surface area contributed by atoms with Crippen LogP contribution in [0.2, 0.25) is 0 Å². The summed E-state index contributed by atoms with van der Waals surface area (Å²) in [7, 11) is 0. The SMILES string of the molecule is CCCCCCCC(=O)N1CCC[C@@H]1OC(=O)NCCCN. The molecule has 0 unspecified atom stereocenters. The summed E-state index contributed by atoms with van der Waals surface area (Å²) in [5, 5.41) is 2.66. The van der Waals surface area contributed by atoms with Crippen molar-refractivity contribution in [2.45, 2.75) is 70.9 Å². The Kier molecular flexibility index (Phi) is 9.62. The third kappa shape index (κ3) is 7.11. The lowest BCUT2D eigenvalue weighted by molar-refractivity contribution is -0.138.